The minimum Gasteiger partial charge on any atom is -0.398 e. The minimum atomic E-state index is 0.0961. The molecule has 2 aromatic rings. The van der Waals surface area contributed by atoms with Crippen LogP contribution in [0.5, 0.6) is 0 Å². The highest BCUT2D eigenvalue weighted by Gasteiger charge is 2.11. The van der Waals surface area contributed by atoms with E-state index < -0.39 is 0 Å². The van der Waals surface area contributed by atoms with Crippen molar-refractivity contribution in [2.24, 2.45) is 0 Å². The zero-order valence-corrected chi connectivity index (χ0v) is 11.8. The topological polar surface area (TPSA) is 46.3 Å². The van der Waals surface area contributed by atoms with Gasteiger partial charge in [-0.1, -0.05) is 48.5 Å². The van der Waals surface area contributed by atoms with Crippen LogP contribution in [-0.2, 0) is 17.6 Å². The largest absolute Gasteiger partial charge is 0.398 e. The van der Waals surface area contributed by atoms with Crippen molar-refractivity contribution in [2.75, 3.05) is 19.3 Å². The second-order valence-corrected chi connectivity index (χ2v) is 4.93. The van der Waals surface area contributed by atoms with Crippen LogP contribution in [0.2, 0.25) is 0 Å². The number of rotatable bonds is 5. The van der Waals surface area contributed by atoms with Crippen molar-refractivity contribution in [3.8, 4) is 0 Å². The number of carbonyl (C=O) groups excluding carboxylic acids is 1. The summed E-state index contributed by atoms with van der Waals surface area (Å²) in [6.07, 6.45) is 1.23. The summed E-state index contributed by atoms with van der Waals surface area (Å²) in [6.45, 7) is 0.718. The Morgan fingerprint density at radius 3 is 2.40 bits per heavy atom. The van der Waals surface area contributed by atoms with Gasteiger partial charge in [0, 0.05) is 19.3 Å². The highest BCUT2D eigenvalue weighted by molar-refractivity contribution is 5.80. The van der Waals surface area contributed by atoms with Crippen molar-refractivity contribution in [1.29, 1.82) is 0 Å². The molecule has 0 spiro atoms. The molecule has 0 radical (unpaired) electrons. The Hall–Kier alpha value is -2.29. The molecule has 1 amide bonds. The molecule has 0 aliphatic rings. The quantitative estimate of drug-likeness (QED) is 0.847. The maximum absolute atomic E-state index is 12.2. The van der Waals surface area contributed by atoms with E-state index in [1.54, 1.807) is 4.90 Å². The predicted octanol–water partition coefficient (Wildman–Crippen LogP) is 2.51. The molecule has 2 N–H and O–H groups in total. The number of anilines is 1. The molecular weight excluding hydrogens is 248 g/mol. The van der Waals surface area contributed by atoms with Crippen LogP contribution in [0.15, 0.2) is 54.6 Å². The van der Waals surface area contributed by atoms with Gasteiger partial charge >= 0.3 is 0 Å². The number of nitrogens with two attached hydrogens (primary N) is 1. The Kier molecular flexibility index (Phi) is 4.77. The zero-order valence-electron chi connectivity index (χ0n) is 11.8. The lowest BCUT2D eigenvalue weighted by Crippen LogP contribution is -2.30. The number of nitrogen functional groups attached to an aromatic ring is 1. The highest BCUT2D eigenvalue weighted by Crippen LogP contribution is 2.12. The predicted molar refractivity (Wildman–Crippen MR) is 82.3 cm³/mol. The number of hydrogen-bond acceptors (Lipinski definition) is 2. The van der Waals surface area contributed by atoms with E-state index in [0.717, 1.165) is 18.5 Å². The van der Waals surface area contributed by atoms with E-state index in [9.17, 15) is 4.79 Å². The summed E-state index contributed by atoms with van der Waals surface area (Å²) >= 11 is 0. The van der Waals surface area contributed by atoms with Crippen LogP contribution in [0.1, 0.15) is 11.1 Å². The monoisotopic (exact) mass is 268 g/mol. The molecule has 0 saturated carbocycles. The third kappa shape index (κ3) is 3.85. The van der Waals surface area contributed by atoms with Gasteiger partial charge in [-0.3, -0.25) is 4.79 Å². The summed E-state index contributed by atoms with van der Waals surface area (Å²) in [6, 6.07) is 17.7. The van der Waals surface area contributed by atoms with Crippen molar-refractivity contribution in [3.05, 3.63) is 65.7 Å². The van der Waals surface area contributed by atoms with Crippen LogP contribution >= 0.6 is 0 Å². The molecule has 3 heteroatoms. The lowest BCUT2D eigenvalue weighted by Gasteiger charge is -2.17. The molecule has 20 heavy (non-hydrogen) atoms. The summed E-state index contributed by atoms with van der Waals surface area (Å²) in [4.78, 5) is 13.9. The van der Waals surface area contributed by atoms with Gasteiger partial charge in [0.05, 0.1) is 6.42 Å². The van der Waals surface area contributed by atoms with Gasteiger partial charge in [-0.15, -0.1) is 0 Å². The lowest BCUT2D eigenvalue weighted by molar-refractivity contribution is -0.129. The third-order valence-corrected chi connectivity index (χ3v) is 3.40. The Labute approximate surface area is 120 Å². The zero-order chi connectivity index (χ0) is 14.4. The number of para-hydroxylation sites is 1. The fraction of sp³-hybridized carbons (Fsp3) is 0.235. The maximum Gasteiger partial charge on any atom is 0.226 e. The molecule has 0 aliphatic heterocycles. The van der Waals surface area contributed by atoms with E-state index in [4.69, 9.17) is 5.73 Å². The van der Waals surface area contributed by atoms with Crippen LogP contribution in [0.3, 0.4) is 0 Å². The number of hydrogen-bond donors (Lipinski definition) is 1. The van der Waals surface area contributed by atoms with Gasteiger partial charge in [-0.05, 0) is 23.6 Å². The molecule has 0 fully saturated rings. The van der Waals surface area contributed by atoms with Crippen LogP contribution in [-0.4, -0.2) is 24.4 Å². The number of benzene rings is 2. The Balaban J connectivity index is 1.88. The SMILES string of the molecule is CN(CCc1ccccc1)C(=O)Cc1ccccc1N. The van der Waals surface area contributed by atoms with Crippen molar-refractivity contribution < 1.29 is 4.79 Å². The number of nitrogens with zero attached hydrogens (tertiary/aromatic N) is 1. The molecule has 0 heterocycles. The first-order valence-corrected chi connectivity index (χ1v) is 6.78. The average molecular weight is 268 g/mol. The lowest BCUT2D eigenvalue weighted by atomic mass is 10.1. The second kappa shape index (κ2) is 6.75. The standard InChI is InChI=1S/C17H20N2O/c1-19(12-11-14-7-3-2-4-8-14)17(20)13-15-9-5-6-10-16(15)18/h2-10H,11-13,18H2,1H3. The number of carbonyl (C=O) groups is 1. The summed E-state index contributed by atoms with van der Waals surface area (Å²) < 4.78 is 0. The van der Waals surface area contributed by atoms with Gasteiger partial charge in [0.2, 0.25) is 5.91 Å². The molecule has 0 aromatic heterocycles. The molecule has 0 unspecified atom stereocenters. The van der Waals surface area contributed by atoms with Gasteiger partial charge in [0.15, 0.2) is 0 Å². The van der Waals surface area contributed by atoms with E-state index in [-0.39, 0.29) is 5.91 Å². The van der Waals surface area contributed by atoms with Crippen molar-refractivity contribution in [2.45, 2.75) is 12.8 Å². The first kappa shape index (κ1) is 14.1. The van der Waals surface area contributed by atoms with E-state index in [1.165, 1.54) is 5.56 Å². The van der Waals surface area contributed by atoms with Crippen LogP contribution in [0, 0.1) is 0 Å². The summed E-state index contributed by atoms with van der Waals surface area (Å²) in [5, 5.41) is 0. The van der Waals surface area contributed by atoms with Gasteiger partial charge in [-0.25, -0.2) is 0 Å². The molecular formula is C17H20N2O. The summed E-state index contributed by atoms with van der Waals surface area (Å²) in [5.41, 5.74) is 8.68. The molecule has 0 saturated heterocycles. The third-order valence-electron chi connectivity index (χ3n) is 3.40. The summed E-state index contributed by atoms with van der Waals surface area (Å²) in [7, 11) is 1.84. The molecule has 0 bridgehead atoms. The van der Waals surface area contributed by atoms with Gasteiger partial charge in [0.1, 0.15) is 0 Å². The maximum atomic E-state index is 12.2. The fourth-order valence-corrected chi connectivity index (χ4v) is 2.06. The first-order chi connectivity index (χ1) is 9.66. The number of amides is 1. The van der Waals surface area contributed by atoms with Crippen LogP contribution in [0.25, 0.3) is 0 Å². The highest BCUT2D eigenvalue weighted by atomic mass is 16.2. The Bertz CT molecular complexity index is 566. The average Bonchev–Trinajstić information content (AvgIpc) is 2.48. The second-order valence-electron chi connectivity index (χ2n) is 4.93. The fourth-order valence-electron chi connectivity index (χ4n) is 2.06. The molecule has 2 rings (SSSR count). The molecule has 2 aromatic carbocycles. The van der Waals surface area contributed by atoms with Crippen LogP contribution < -0.4 is 5.73 Å². The van der Waals surface area contributed by atoms with E-state index in [1.807, 2.05) is 49.5 Å². The minimum absolute atomic E-state index is 0.0961. The van der Waals surface area contributed by atoms with Gasteiger partial charge in [0.25, 0.3) is 0 Å². The van der Waals surface area contributed by atoms with Crippen molar-refractivity contribution >= 4 is 11.6 Å². The van der Waals surface area contributed by atoms with Gasteiger partial charge in [-0.2, -0.15) is 0 Å². The molecule has 3 nitrogen and oxygen atoms in total. The summed E-state index contributed by atoms with van der Waals surface area (Å²) in [5.74, 6) is 0.0961. The normalized spacial score (nSPS) is 10.2. The van der Waals surface area contributed by atoms with Gasteiger partial charge < -0.3 is 10.6 Å². The molecule has 0 aliphatic carbocycles. The van der Waals surface area contributed by atoms with E-state index in [0.29, 0.717) is 12.1 Å². The van der Waals surface area contributed by atoms with Crippen LogP contribution in [0.4, 0.5) is 5.69 Å². The number of likely N-dealkylation sites (N-methyl/N-ethyl adjacent to an activating group) is 1. The Morgan fingerprint density at radius 2 is 1.70 bits per heavy atom. The van der Waals surface area contributed by atoms with Crippen molar-refractivity contribution in [1.82, 2.24) is 4.90 Å². The Morgan fingerprint density at radius 1 is 1.05 bits per heavy atom. The smallest absolute Gasteiger partial charge is 0.226 e. The van der Waals surface area contributed by atoms with Crippen molar-refractivity contribution in [3.63, 3.8) is 0 Å². The first-order valence-electron chi connectivity index (χ1n) is 6.78. The van der Waals surface area contributed by atoms with E-state index >= 15 is 0 Å². The molecule has 0 atom stereocenters. The molecule has 104 valence electrons. The van der Waals surface area contributed by atoms with E-state index in [2.05, 4.69) is 12.1 Å².